The first kappa shape index (κ1) is 12.3. The normalized spacial score (nSPS) is 9.56. The van der Waals surface area contributed by atoms with Gasteiger partial charge >= 0.3 is 0 Å². The molecule has 1 aromatic carbocycles. The lowest BCUT2D eigenvalue weighted by atomic mass is 10.1. The van der Waals surface area contributed by atoms with Crippen LogP contribution in [0.4, 0.5) is 0 Å². The predicted octanol–water partition coefficient (Wildman–Crippen LogP) is 2.23. The molecule has 0 heterocycles. The Balaban J connectivity index is 2.69. The number of nitrogens with zero attached hydrogens (tertiary/aromatic N) is 2. The minimum atomic E-state index is -0.0297. The molecule has 1 rings (SSSR count). The summed E-state index contributed by atoms with van der Waals surface area (Å²) in [5, 5.41) is 8.45. The van der Waals surface area contributed by atoms with Gasteiger partial charge in [0, 0.05) is 19.2 Å². The fourth-order valence-electron chi connectivity index (χ4n) is 1.42. The minimum absolute atomic E-state index is 0.0297. The van der Waals surface area contributed by atoms with Gasteiger partial charge in [-0.25, -0.2) is 0 Å². The minimum Gasteiger partial charge on any atom is -0.341 e. The summed E-state index contributed by atoms with van der Waals surface area (Å²) in [4.78, 5) is 13.4. The third kappa shape index (κ3) is 3.09. The third-order valence-corrected chi connectivity index (χ3v) is 2.51. The zero-order valence-electron chi connectivity index (χ0n) is 9.73. The maximum absolute atomic E-state index is 11.9. The zero-order valence-corrected chi connectivity index (χ0v) is 9.73. The highest BCUT2D eigenvalue weighted by molar-refractivity contribution is 5.94. The van der Waals surface area contributed by atoms with E-state index >= 15 is 0 Å². The Morgan fingerprint density at radius 1 is 1.38 bits per heavy atom. The molecule has 0 bridgehead atoms. The molecular formula is C13H16N2O. The second-order valence-corrected chi connectivity index (χ2v) is 3.69. The first-order chi connectivity index (χ1) is 7.69. The summed E-state index contributed by atoms with van der Waals surface area (Å²) in [6.45, 7) is 2.56. The third-order valence-electron chi connectivity index (χ3n) is 2.51. The van der Waals surface area contributed by atoms with E-state index in [0.29, 0.717) is 18.5 Å². The quantitative estimate of drug-likeness (QED) is 0.774. The maximum Gasteiger partial charge on any atom is 0.253 e. The van der Waals surface area contributed by atoms with Gasteiger partial charge in [0.2, 0.25) is 0 Å². The molecule has 0 saturated heterocycles. The summed E-state index contributed by atoms with van der Waals surface area (Å²) in [7, 11) is 1.72. The lowest BCUT2D eigenvalue weighted by Crippen LogP contribution is -2.27. The number of carbonyl (C=O) groups excluding carboxylic acids is 1. The first-order valence-corrected chi connectivity index (χ1v) is 5.40. The number of amides is 1. The fraction of sp³-hybridized carbons (Fsp3) is 0.385. The van der Waals surface area contributed by atoms with E-state index in [1.165, 1.54) is 5.56 Å². The van der Waals surface area contributed by atoms with Crippen molar-refractivity contribution in [3.05, 3.63) is 35.4 Å². The average Bonchev–Trinajstić information content (AvgIpc) is 2.35. The van der Waals surface area contributed by atoms with Crippen molar-refractivity contribution in [3.63, 3.8) is 0 Å². The van der Waals surface area contributed by atoms with E-state index in [-0.39, 0.29) is 5.91 Å². The summed E-state index contributed by atoms with van der Waals surface area (Å²) in [6.07, 6.45) is 1.34. The standard InChI is InChI=1S/C13H16N2O/c1-3-11-5-7-12(8-6-11)13(16)15(2)10-4-9-14/h5-8H,3-4,10H2,1-2H3. The molecule has 0 aliphatic carbocycles. The Labute approximate surface area is 96.3 Å². The van der Waals surface area contributed by atoms with E-state index in [2.05, 4.69) is 6.92 Å². The van der Waals surface area contributed by atoms with Gasteiger partial charge in [0.25, 0.3) is 5.91 Å². The number of nitriles is 1. The molecule has 0 atom stereocenters. The molecule has 0 aliphatic rings. The number of hydrogen-bond acceptors (Lipinski definition) is 2. The van der Waals surface area contributed by atoms with Gasteiger partial charge in [-0.15, -0.1) is 0 Å². The molecule has 1 aromatic rings. The summed E-state index contributed by atoms with van der Waals surface area (Å²) >= 11 is 0. The first-order valence-electron chi connectivity index (χ1n) is 5.40. The number of rotatable bonds is 4. The van der Waals surface area contributed by atoms with Crippen molar-refractivity contribution in [2.45, 2.75) is 19.8 Å². The van der Waals surface area contributed by atoms with E-state index in [1.807, 2.05) is 30.3 Å². The van der Waals surface area contributed by atoms with Crippen LogP contribution in [0.25, 0.3) is 0 Å². The molecule has 0 spiro atoms. The van der Waals surface area contributed by atoms with Crippen LogP contribution in [0.5, 0.6) is 0 Å². The lowest BCUT2D eigenvalue weighted by molar-refractivity contribution is 0.0798. The highest BCUT2D eigenvalue weighted by Crippen LogP contribution is 2.07. The number of aryl methyl sites for hydroxylation is 1. The van der Waals surface area contributed by atoms with Crippen LogP contribution in [0, 0.1) is 11.3 Å². The van der Waals surface area contributed by atoms with Crippen molar-refractivity contribution in [3.8, 4) is 6.07 Å². The van der Waals surface area contributed by atoms with E-state index in [9.17, 15) is 4.79 Å². The SMILES string of the molecule is CCc1ccc(C(=O)N(C)CCC#N)cc1. The summed E-state index contributed by atoms with van der Waals surface area (Å²) in [5.74, 6) is -0.0297. The molecule has 0 fully saturated rings. The van der Waals surface area contributed by atoms with E-state index in [1.54, 1.807) is 11.9 Å². The van der Waals surface area contributed by atoms with Gasteiger partial charge in [-0.1, -0.05) is 19.1 Å². The van der Waals surface area contributed by atoms with Crippen molar-refractivity contribution in [2.75, 3.05) is 13.6 Å². The molecule has 1 amide bonds. The van der Waals surface area contributed by atoms with Crippen molar-refractivity contribution < 1.29 is 4.79 Å². The molecule has 16 heavy (non-hydrogen) atoms. The Kier molecular flexibility index (Phi) is 4.53. The zero-order chi connectivity index (χ0) is 12.0. The van der Waals surface area contributed by atoms with Gasteiger partial charge < -0.3 is 4.90 Å². The van der Waals surface area contributed by atoms with Crippen LogP contribution in [0.1, 0.15) is 29.3 Å². The van der Waals surface area contributed by atoms with E-state index in [0.717, 1.165) is 6.42 Å². The fourth-order valence-corrected chi connectivity index (χ4v) is 1.42. The Hall–Kier alpha value is -1.82. The lowest BCUT2D eigenvalue weighted by Gasteiger charge is -2.15. The molecule has 3 nitrogen and oxygen atoms in total. The van der Waals surface area contributed by atoms with Crippen LogP contribution < -0.4 is 0 Å². The van der Waals surface area contributed by atoms with Gasteiger partial charge in [-0.2, -0.15) is 5.26 Å². The largest absolute Gasteiger partial charge is 0.341 e. The van der Waals surface area contributed by atoms with E-state index in [4.69, 9.17) is 5.26 Å². The van der Waals surface area contributed by atoms with Crippen molar-refractivity contribution >= 4 is 5.91 Å². The second-order valence-electron chi connectivity index (χ2n) is 3.69. The van der Waals surface area contributed by atoms with Crippen LogP contribution in [0.15, 0.2) is 24.3 Å². The van der Waals surface area contributed by atoms with Crippen molar-refractivity contribution in [1.29, 1.82) is 5.26 Å². The van der Waals surface area contributed by atoms with Gasteiger partial charge in [0.15, 0.2) is 0 Å². The van der Waals surface area contributed by atoms with Gasteiger partial charge in [-0.05, 0) is 24.1 Å². The van der Waals surface area contributed by atoms with Crippen LogP contribution >= 0.6 is 0 Å². The molecule has 0 unspecified atom stereocenters. The molecule has 3 heteroatoms. The van der Waals surface area contributed by atoms with Crippen LogP contribution in [-0.2, 0) is 6.42 Å². The highest BCUT2D eigenvalue weighted by atomic mass is 16.2. The van der Waals surface area contributed by atoms with Crippen molar-refractivity contribution in [2.24, 2.45) is 0 Å². The summed E-state index contributed by atoms with van der Waals surface area (Å²) < 4.78 is 0. The molecule has 0 saturated carbocycles. The Bertz CT molecular complexity index is 389. The van der Waals surface area contributed by atoms with Gasteiger partial charge in [-0.3, -0.25) is 4.79 Å². The Morgan fingerprint density at radius 2 is 2.00 bits per heavy atom. The van der Waals surface area contributed by atoms with Crippen LogP contribution in [0.2, 0.25) is 0 Å². The molecule has 84 valence electrons. The average molecular weight is 216 g/mol. The monoisotopic (exact) mass is 216 g/mol. The topological polar surface area (TPSA) is 44.1 Å². The number of benzene rings is 1. The summed E-state index contributed by atoms with van der Waals surface area (Å²) in [6, 6.07) is 9.63. The predicted molar refractivity (Wildman–Crippen MR) is 63.0 cm³/mol. The maximum atomic E-state index is 11.9. The molecule has 0 aliphatic heterocycles. The summed E-state index contributed by atoms with van der Waals surface area (Å²) in [5.41, 5.74) is 1.90. The highest BCUT2D eigenvalue weighted by Gasteiger charge is 2.10. The molecular weight excluding hydrogens is 200 g/mol. The van der Waals surface area contributed by atoms with Gasteiger partial charge in [0.05, 0.1) is 12.5 Å². The van der Waals surface area contributed by atoms with Crippen molar-refractivity contribution in [1.82, 2.24) is 4.90 Å². The smallest absolute Gasteiger partial charge is 0.253 e. The van der Waals surface area contributed by atoms with E-state index < -0.39 is 0 Å². The number of carbonyl (C=O) groups is 1. The Morgan fingerprint density at radius 3 is 2.50 bits per heavy atom. The molecule has 0 aromatic heterocycles. The molecule has 0 radical (unpaired) electrons. The molecule has 0 N–H and O–H groups in total. The van der Waals surface area contributed by atoms with Crippen LogP contribution in [-0.4, -0.2) is 24.4 Å². The van der Waals surface area contributed by atoms with Gasteiger partial charge in [0.1, 0.15) is 0 Å². The second kappa shape index (κ2) is 5.92. The van der Waals surface area contributed by atoms with Crippen LogP contribution in [0.3, 0.4) is 0 Å². The number of hydrogen-bond donors (Lipinski definition) is 0.